The first-order valence-corrected chi connectivity index (χ1v) is 11.9. The highest BCUT2D eigenvalue weighted by Crippen LogP contribution is 2.18. The van der Waals surface area contributed by atoms with Gasteiger partial charge in [0.25, 0.3) is 5.91 Å². The third-order valence-electron chi connectivity index (χ3n) is 5.40. The molecule has 3 aromatic rings. The molecule has 7 heteroatoms. The van der Waals surface area contributed by atoms with E-state index in [0.29, 0.717) is 29.3 Å². The van der Waals surface area contributed by atoms with Gasteiger partial charge in [-0.2, -0.15) is 0 Å². The number of amides is 2. The second kappa shape index (κ2) is 12.9. The lowest BCUT2D eigenvalue weighted by molar-refractivity contribution is -0.142. The van der Waals surface area contributed by atoms with Gasteiger partial charge in [-0.3, -0.25) is 9.59 Å². The lowest BCUT2D eigenvalue weighted by atomic mass is 10.0. The first kappa shape index (κ1) is 26.2. The van der Waals surface area contributed by atoms with Crippen molar-refractivity contribution < 1.29 is 18.7 Å². The van der Waals surface area contributed by atoms with Crippen molar-refractivity contribution in [1.29, 1.82) is 0 Å². The molecule has 0 aromatic heterocycles. The van der Waals surface area contributed by atoms with Crippen molar-refractivity contribution in [3.05, 3.63) is 101 Å². The Morgan fingerprint density at radius 3 is 2.23 bits per heavy atom. The zero-order valence-corrected chi connectivity index (χ0v) is 20.7. The van der Waals surface area contributed by atoms with Gasteiger partial charge in [-0.1, -0.05) is 67.9 Å². The van der Waals surface area contributed by atoms with Crippen LogP contribution in [0.3, 0.4) is 0 Å². The number of carbonyl (C=O) groups excluding carboxylic acids is 2. The summed E-state index contributed by atoms with van der Waals surface area (Å²) in [6, 6.07) is 21.4. The molecule has 0 aliphatic carbocycles. The minimum atomic E-state index is -0.775. The summed E-state index contributed by atoms with van der Waals surface area (Å²) in [6.07, 6.45) is 0.332. The molecule has 0 saturated heterocycles. The molecule has 3 rings (SSSR count). The first-order valence-electron chi connectivity index (χ1n) is 11.6. The molecular formula is C28H30ClFN2O3. The van der Waals surface area contributed by atoms with Gasteiger partial charge in [0, 0.05) is 24.5 Å². The maximum Gasteiger partial charge on any atom is 0.261 e. The molecule has 184 valence electrons. The zero-order valence-electron chi connectivity index (χ0n) is 19.9. The highest BCUT2D eigenvalue weighted by molar-refractivity contribution is 6.30. The Morgan fingerprint density at radius 2 is 1.60 bits per heavy atom. The van der Waals surface area contributed by atoms with E-state index < -0.39 is 6.04 Å². The lowest BCUT2D eigenvalue weighted by Crippen LogP contribution is -2.52. The number of hydrogen-bond donors (Lipinski definition) is 1. The minimum Gasteiger partial charge on any atom is -0.484 e. The molecule has 0 fully saturated rings. The predicted molar refractivity (Wildman–Crippen MR) is 136 cm³/mol. The molecule has 0 heterocycles. The monoisotopic (exact) mass is 496 g/mol. The van der Waals surface area contributed by atoms with E-state index in [1.807, 2.05) is 44.2 Å². The predicted octanol–water partition coefficient (Wildman–Crippen LogP) is 5.27. The molecule has 3 aromatic carbocycles. The van der Waals surface area contributed by atoms with Crippen LogP contribution in [-0.2, 0) is 22.6 Å². The maximum absolute atomic E-state index is 13.5. The van der Waals surface area contributed by atoms with Crippen LogP contribution >= 0.6 is 11.6 Å². The van der Waals surface area contributed by atoms with Crippen LogP contribution in [0.25, 0.3) is 0 Å². The Labute approximate surface area is 210 Å². The van der Waals surface area contributed by atoms with Crippen molar-refractivity contribution in [3.63, 3.8) is 0 Å². The number of halogens is 2. The second-order valence-corrected chi connectivity index (χ2v) is 9.17. The summed E-state index contributed by atoms with van der Waals surface area (Å²) in [5.41, 5.74) is 1.63. The van der Waals surface area contributed by atoms with E-state index in [2.05, 4.69) is 5.32 Å². The summed E-state index contributed by atoms with van der Waals surface area (Å²) in [5.74, 6) is -0.221. The van der Waals surface area contributed by atoms with E-state index in [-0.39, 0.29) is 36.7 Å². The van der Waals surface area contributed by atoms with E-state index in [1.54, 1.807) is 36.4 Å². The standard InChI is InChI=1S/C28H30ClFN2O3/c1-20(2)17-31-28(34)26(16-21-6-4-3-5-7-21)32(18-22-8-12-24(30)13-9-22)27(33)19-35-25-14-10-23(29)11-15-25/h3-15,20,26H,16-19H2,1-2H3,(H,31,34)/t26-/m1/s1. The highest BCUT2D eigenvalue weighted by atomic mass is 35.5. The van der Waals surface area contributed by atoms with E-state index in [0.717, 1.165) is 5.56 Å². The van der Waals surface area contributed by atoms with Gasteiger partial charge >= 0.3 is 0 Å². The van der Waals surface area contributed by atoms with Gasteiger partial charge in [-0.05, 0) is 53.4 Å². The van der Waals surface area contributed by atoms with Gasteiger partial charge in [0.1, 0.15) is 17.6 Å². The number of rotatable bonds is 11. The fourth-order valence-corrected chi connectivity index (χ4v) is 3.65. The number of nitrogens with zero attached hydrogens (tertiary/aromatic N) is 1. The quantitative estimate of drug-likeness (QED) is 0.393. The molecule has 35 heavy (non-hydrogen) atoms. The van der Waals surface area contributed by atoms with Crippen molar-refractivity contribution in [2.24, 2.45) is 5.92 Å². The van der Waals surface area contributed by atoms with E-state index in [4.69, 9.17) is 16.3 Å². The molecule has 0 bridgehead atoms. The summed E-state index contributed by atoms with van der Waals surface area (Å²) in [7, 11) is 0. The normalized spacial score (nSPS) is 11.7. The van der Waals surface area contributed by atoms with Crippen LogP contribution in [0, 0.1) is 11.7 Å². The SMILES string of the molecule is CC(C)CNC(=O)[C@@H](Cc1ccccc1)N(Cc1ccc(F)cc1)C(=O)COc1ccc(Cl)cc1. The second-order valence-electron chi connectivity index (χ2n) is 8.74. The molecule has 0 spiro atoms. The van der Waals surface area contributed by atoms with E-state index in [1.165, 1.54) is 17.0 Å². The van der Waals surface area contributed by atoms with Crippen molar-refractivity contribution in [1.82, 2.24) is 10.2 Å². The van der Waals surface area contributed by atoms with E-state index >= 15 is 0 Å². The van der Waals surface area contributed by atoms with Crippen molar-refractivity contribution in [3.8, 4) is 5.75 Å². The number of benzene rings is 3. The third kappa shape index (κ3) is 8.41. The van der Waals surface area contributed by atoms with Crippen LogP contribution < -0.4 is 10.1 Å². The smallest absolute Gasteiger partial charge is 0.261 e. The fraction of sp³-hybridized carbons (Fsp3) is 0.286. The van der Waals surface area contributed by atoms with E-state index in [9.17, 15) is 14.0 Å². The average Bonchev–Trinajstić information content (AvgIpc) is 2.86. The van der Waals surface area contributed by atoms with Gasteiger partial charge in [-0.15, -0.1) is 0 Å². The van der Waals surface area contributed by atoms with Gasteiger partial charge in [-0.25, -0.2) is 4.39 Å². The van der Waals surface area contributed by atoms with Gasteiger partial charge < -0.3 is 15.0 Å². The molecule has 0 radical (unpaired) electrons. The summed E-state index contributed by atoms with van der Waals surface area (Å²) in [4.78, 5) is 28.3. The summed E-state index contributed by atoms with van der Waals surface area (Å²) in [5, 5.41) is 3.53. The Morgan fingerprint density at radius 1 is 0.943 bits per heavy atom. The molecule has 5 nitrogen and oxygen atoms in total. The highest BCUT2D eigenvalue weighted by Gasteiger charge is 2.30. The van der Waals surface area contributed by atoms with Crippen LogP contribution in [0.5, 0.6) is 5.75 Å². The number of nitrogens with one attached hydrogen (secondary N) is 1. The molecule has 0 aliphatic rings. The van der Waals surface area contributed by atoms with Crippen molar-refractivity contribution in [2.45, 2.75) is 32.9 Å². The van der Waals surface area contributed by atoms with Gasteiger partial charge in [0.15, 0.2) is 6.61 Å². The summed E-state index contributed by atoms with van der Waals surface area (Å²) in [6.45, 7) is 4.38. The number of hydrogen-bond acceptors (Lipinski definition) is 3. The third-order valence-corrected chi connectivity index (χ3v) is 5.65. The van der Waals surface area contributed by atoms with Crippen molar-refractivity contribution >= 4 is 23.4 Å². The molecule has 1 N–H and O–H groups in total. The van der Waals surface area contributed by atoms with Crippen LogP contribution in [0.4, 0.5) is 4.39 Å². The molecule has 0 unspecified atom stereocenters. The summed E-state index contributed by atoms with van der Waals surface area (Å²) >= 11 is 5.93. The van der Waals surface area contributed by atoms with Crippen LogP contribution in [0.2, 0.25) is 5.02 Å². The average molecular weight is 497 g/mol. The fourth-order valence-electron chi connectivity index (χ4n) is 3.52. The summed E-state index contributed by atoms with van der Waals surface area (Å²) < 4.78 is 19.2. The van der Waals surface area contributed by atoms with Crippen LogP contribution in [-0.4, -0.2) is 35.9 Å². The zero-order chi connectivity index (χ0) is 25.2. The Balaban J connectivity index is 1.88. The Bertz CT molecular complexity index is 1090. The molecular weight excluding hydrogens is 467 g/mol. The maximum atomic E-state index is 13.5. The molecule has 1 atom stereocenters. The topological polar surface area (TPSA) is 58.6 Å². The van der Waals surface area contributed by atoms with Gasteiger partial charge in [0.05, 0.1) is 0 Å². The van der Waals surface area contributed by atoms with Crippen molar-refractivity contribution in [2.75, 3.05) is 13.2 Å². The molecule has 0 saturated carbocycles. The number of ether oxygens (including phenoxy) is 1. The van der Waals surface area contributed by atoms with Gasteiger partial charge in [0.2, 0.25) is 5.91 Å². The number of carbonyl (C=O) groups is 2. The van der Waals surface area contributed by atoms with Crippen LogP contribution in [0.1, 0.15) is 25.0 Å². The lowest BCUT2D eigenvalue weighted by Gasteiger charge is -2.31. The minimum absolute atomic E-state index is 0.135. The Kier molecular flexibility index (Phi) is 9.67. The largest absolute Gasteiger partial charge is 0.484 e. The molecule has 0 aliphatic heterocycles. The molecule has 2 amide bonds. The van der Waals surface area contributed by atoms with Crippen LogP contribution in [0.15, 0.2) is 78.9 Å². The Hall–Kier alpha value is -3.38. The first-order chi connectivity index (χ1) is 16.8.